The average molecular weight is 477 g/mol. The van der Waals surface area contributed by atoms with Crippen LogP contribution in [-0.2, 0) is 11.2 Å². The number of aliphatic hydroxyl groups excluding tert-OH is 4. The van der Waals surface area contributed by atoms with Crippen LogP contribution in [0.3, 0.4) is 0 Å². The monoisotopic (exact) mass is 476 g/mol. The molecule has 0 spiro atoms. The van der Waals surface area contributed by atoms with Crippen LogP contribution in [0.5, 0.6) is 5.75 Å². The summed E-state index contributed by atoms with van der Waals surface area (Å²) in [6.07, 6.45) is -3.10. The van der Waals surface area contributed by atoms with E-state index in [0.717, 1.165) is 28.7 Å². The van der Waals surface area contributed by atoms with E-state index in [4.69, 9.17) is 26.8 Å². The normalized spacial score (nSPS) is 25.5. The number of aromatic nitrogens is 1. The van der Waals surface area contributed by atoms with Gasteiger partial charge >= 0.3 is 0 Å². The molecular weight excluding hydrogens is 448 g/mol. The number of fused-ring (bicyclic) bond motifs is 1. The molecule has 4 rings (SSSR count). The quantitative estimate of drug-likeness (QED) is 0.312. The van der Waals surface area contributed by atoms with Crippen molar-refractivity contribution in [1.82, 2.24) is 4.57 Å². The number of hydrogen-bond acceptors (Lipinski definition) is 7. The molecule has 0 amide bonds. The molecule has 6 N–H and O–H groups in total. The zero-order chi connectivity index (χ0) is 23.5. The van der Waals surface area contributed by atoms with E-state index < -0.39 is 37.3 Å². The number of hydrogen-bond donors (Lipinski definition) is 5. The molecular formula is C24H29ClN2O6. The lowest BCUT2D eigenvalue weighted by Gasteiger charge is -2.40. The van der Waals surface area contributed by atoms with Gasteiger partial charge in [0.05, 0.1) is 23.8 Å². The van der Waals surface area contributed by atoms with Crippen LogP contribution in [0.1, 0.15) is 23.8 Å². The number of halogens is 1. The molecule has 0 radical (unpaired) electrons. The molecule has 8 nitrogen and oxygen atoms in total. The maximum absolute atomic E-state index is 10.6. The maximum Gasteiger partial charge on any atom is 0.163 e. The summed E-state index contributed by atoms with van der Waals surface area (Å²) >= 11 is 6.54. The van der Waals surface area contributed by atoms with E-state index in [-0.39, 0.29) is 0 Å². The van der Waals surface area contributed by atoms with Crippen LogP contribution in [0.2, 0.25) is 5.02 Å². The number of nitrogens with two attached hydrogens (primary N) is 1. The lowest BCUT2D eigenvalue weighted by atomic mass is 9.98. The third-order valence-electron chi connectivity index (χ3n) is 5.96. The van der Waals surface area contributed by atoms with E-state index in [0.29, 0.717) is 30.1 Å². The standard InChI is InChI=1S/C24H29ClN2O6/c25-17-3-1-4-18-20(17)15(11-14-5-7-16(8-6-14)32-10-2-9-26)12-27(18)24-23(31)22(30)21(29)19(13-28)33-24/h1,3-8,12,19,21-24,28-31H,2,9-11,13,26H2/t19-,21-,22+,23-,24-/m1/s1. The molecule has 33 heavy (non-hydrogen) atoms. The van der Waals surface area contributed by atoms with Crippen LogP contribution in [0, 0.1) is 0 Å². The molecule has 9 heteroatoms. The molecule has 0 saturated carbocycles. The second kappa shape index (κ2) is 10.4. The zero-order valence-electron chi connectivity index (χ0n) is 18.0. The summed E-state index contributed by atoms with van der Waals surface area (Å²) < 4.78 is 13.1. The van der Waals surface area contributed by atoms with E-state index in [2.05, 4.69) is 0 Å². The van der Waals surface area contributed by atoms with Gasteiger partial charge in [-0.15, -0.1) is 0 Å². The minimum absolute atomic E-state index is 0.492. The Morgan fingerprint density at radius 2 is 1.79 bits per heavy atom. The summed E-state index contributed by atoms with van der Waals surface area (Å²) in [5, 5.41) is 41.9. The fourth-order valence-electron chi connectivity index (χ4n) is 4.20. The Morgan fingerprint density at radius 3 is 2.48 bits per heavy atom. The Morgan fingerprint density at radius 1 is 1.03 bits per heavy atom. The van der Waals surface area contributed by atoms with E-state index in [1.54, 1.807) is 16.7 Å². The molecule has 1 aliphatic heterocycles. The van der Waals surface area contributed by atoms with Gasteiger partial charge in [-0.05, 0) is 54.8 Å². The average Bonchev–Trinajstić information content (AvgIpc) is 3.18. The predicted octanol–water partition coefficient (Wildman–Crippen LogP) is 1.59. The highest BCUT2D eigenvalue weighted by molar-refractivity contribution is 6.35. The topological polar surface area (TPSA) is 130 Å². The van der Waals surface area contributed by atoms with Gasteiger partial charge in [0.15, 0.2) is 6.23 Å². The van der Waals surface area contributed by atoms with E-state index in [9.17, 15) is 20.4 Å². The first kappa shape index (κ1) is 24.0. The molecule has 5 atom stereocenters. The second-order valence-corrected chi connectivity index (χ2v) is 8.63. The molecule has 1 aromatic heterocycles. The van der Waals surface area contributed by atoms with Crippen molar-refractivity contribution in [2.45, 2.75) is 43.5 Å². The summed E-state index contributed by atoms with van der Waals surface area (Å²) in [6.45, 7) is 0.656. The maximum atomic E-state index is 10.6. The highest BCUT2D eigenvalue weighted by Gasteiger charge is 2.44. The Hall–Kier alpha value is -2.17. The lowest BCUT2D eigenvalue weighted by molar-refractivity contribution is -0.250. The number of aliphatic hydroxyl groups is 4. The van der Waals surface area contributed by atoms with Crippen LogP contribution < -0.4 is 10.5 Å². The van der Waals surface area contributed by atoms with Crippen molar-refractivity contribution in [2.75, 3.05) is 19.8 Å². The van der Waals surface area contributed by atoms with Gasteiger partial charge in [0.25, 0.3) is 0 Å². The first-order valence-corrected chi connectivity index (χ1v) is 11.3. The van der Waals surface area contributed by atoms with Gasteiger partial charge in [0.2, 0.25) is 0 Å². The molecule has 1 aliphatic rings. The minimum atomic E-state index is -1.47. The molecule has 0 unspecified atom stereocenters. The van der Waals surface area contributed by atoms with Crippen LogP contribution in [0.4, 0.5) is 0 Å². The third-order valence-corrected chi connectivity index (χ3v) is 6.28. The van der Waals surface area contributed by atoms with E-state index in [1.807, 2.05) is 36.5 Å². The van der Waals surface area contributed by atoms with Gasteiger partial charge < -0.3 is 40.2 Å². The van der Waals surface area contributed by atoms with Crippen molar-refractivity contribution in [3.05, 3.63) is 64.8 Å². The van der Waals surface area contributed by atoms with Crippen molar-refractivity contribution >= 4 is 22.5 Å². The van der Waals surface area contributed by atoms with Crippen LogP contribution in [-0.4, -0.2) is 69.2 Å². The molecule has 0 aliphatic carbocycles. The van der Waals surface area contributed by atoms with Gasteiger partial charge in [-0.3, -0.25) is 0 Å². The summed E-state index contributed by atoms with van der Waals surface area (Å²) in [5.74, 6) is 0.772. The lowest BCUT2D eigenvalue weighted by Crippen LogP contribution is -2.56. The number of rotatable bonds is 8. The first-order chi connectivity index (χ1) is 15.9. The Labute approximate surface area is 196 Å². The van der Waals surface area contributed by atoms with Gasteiger partial charge in [-0.2, -0.15) is 0 Å². The van der Waals surface area contributed by atoms with Crippen molar-refractivity contribution in [3.8, 4) is 5.75 Å². The SMILES string of the molecule is NCCCOc1ccc(Cc2cn([C@@H]3O[C@H](CO)[C@@H](O)[C@H](O)[C@H]3O)c3cccc(Cl)c23)cc1. The highest BCUT2D eigenvalue weighted by atomic mass is 35.5. The fraction of sp³-hybridized carbons (Fsp3) is 0.417. The van der Waals surface area contributed by atoms with E-state index >= 15 is 0 Å². The number of nitrogens with zero attached hydrogens (tertiary/aromatic N) is 1. The van der Waals surface area contributed by atoms with Crippen LogP contribution in [0.15, 0.2) is 48.7 Å². The number of ether oxygens (including phenoxy) is 2. The van der Waals surface area contributed by atoms with Crippen molar-refractivity contribution in [1.29, 1.82) is 0 Å². The smallest absolute Gasteiger partial charge is 0.163 e. The van der Waals surface area contributed by atoms with Gasteiger partial charge in [-0.25, -0.2) is 0 Å². The van der Waals surface area contributed by atoms with Crippen LogP contribution in [0.25, 0.3) is 10.9 Å². The molecule has 1 saturated heterocycles. The Bertz CT molecular complexity index is 1070. The molecule has 3 aromatic rings. The summed E-state index contributed by atoms with van der Waals surface area (Å²) in [5.41, 5.74) is 8.15. The summed E-state index contributed by atoms with van der Waals surface area (Å²) in [6, 6.07) is 13.2. The van der Waals surface area contributed by atoms with Gasteiger partial charge in [0.1, 0.15) is 30.2 Å². The second-order valence-electron chi connectivity index (χ2n) is 8.23. The van der Waals surface area contributed by atoms with Gasteiger partial charge in [-0.1, -0.05) is 29.8 Å². The Balaban J connectivity index is 1.65. The van der Waals surface area contributed by atoms with Crippen molar-refractivity contribution in [3.63, 3.8) is 0 Å². The molecule has 1 fully saturated rings. The zero-order valence-corrected chi connectivity index (χ0v) is 18.8. The fourth-order valence-corrected chi connectivity index (χ4v) is 4.49. The van der Waals surface area contributed by atoms with Crippen molar-refractivity contribution in [2.24, 2.45) is 5.73 Å². The van der Waals surface area contributed by atoms with E-state index in [1.165, 1.54) is 0 Å². The van der Waals surface area contributed by atoms with Crippen molar-refractivity contribution < 1.29 is 29.9 Å². The number of benzene rings is 2. The minimum Gasteiger partial charge on any atom is -0.494 e. The molecule has 2 aromatic carbocycles. The summed E-state index contributed by atoms with van der Waals surface area (Å²) in [4.78, 5) is 0. The third kappa shape index (κ3) is 4.88. The summed E-state index contributed by atoms with van der Waals surface area (Å²) in [7, 11) is 0. The largest absolute Gasteiger partial charge is 0.494 e. The van der Waals surface area contributed by atoms with Gasteiger partial charge in [0, 0.05) is 11.6 Å². The van der Waals surface area contributed by atoms with Crippen LogP contribution >= 0.6 is 11.6 Å². The molecule has 178 valence electrons. The first-order valence-electron chi connectivity index (χ1n) is 10.9. The molecule has 0 bridgehead atoms. The molecule has 2 heterocycles. The Kier molecular flexibility index (Phi) is 7.55. The predicted molar refractivity (Wildman–Crippen MR) is 124 cm³/mol. The highest BCUT2D eigenvalue weighted by Crippen LogP contribution is 2.36.